The van der Waals surface area contributed by atoms with Gasteiger partial charge in [-0.3, -0.25) is 9.69 Å². The van der Waals surface area contributed by atoms with Crippen molar-refractivity contribution in [1.29, 1.82) is 0 Å². The smallest absolute Gasteiger partial charge is 0.343 e. The Morgan fingerprint density at radius 1 is 1.35 bits per heavy atom. The number of benzene rings is 1. The zero-order chi connectivity index (χ0) is 19.3. The lowest BCUT2D eigenvalue weighted by atomic mass is 10.1. The maximum atomic E-state index is 12.3. The first-order valence-corrected chi connectivity index (χ1v) is 9.42. The van der Waals surface area contributed by atoms with Crippen LogP contribution in [0.5, 0.6) is 11.5 Å². The van der Waals surface area contributed by atoms with Crippen molar-refractivity contribution in [1.82, 2.24) is 4.90 Å². The summed E-state index contributed by atoms with van der Waals surface area (Å²) >= 11 is 12.7. The molecular weight excluding hydrogens is 398 g/mol. The second-order valence-corrected chi connectivity index (χ2v) is 7.14. The fourth-order valence-electron chi connectivity index (χ4n) is 2.19. The standard InChI is InChI=1S/C17H18ClNO5S2/c1-4-19-16(21)13(26-17(19)25)8-10-6-11(18)15(12(7-10)23-5-2)24-9-14(20)22-3/h6-8H,4-5,9H2,1-3H3/b13-8+. The molecule has 1 heterocycles. The van der Waals surface area contributed by atoms with E-state index >= 15 is 0 Å². The minimum absolute atomic E-state index is 0.136. The molecule has 1 fully saturated rings. The van der Waals surface area contributed by atoms with Crippen LogP contribution >= 0.6 is 35.6 Å². The summed E-state index contributed by atoms with van der Waals surface area (Å²) in [5, 5.41) is 0.261. The summed E-state index contributed by atoms with van der Waals surface area (Å²) in [7, 11) is 1.27. The van der Waals surface area contributed by atoms with E-state index < -0.39 is 5.97 Å². The van der Waals surface area contributed by atoms with Gasteiger partial charge in [-0.2, -0.15) is 0 Å². The summed E-state index contributed by atoms with van der Waals surface area (Å²) in [5.41, 5.74) is 0.667. The number of carbonyl (C=O) groups excluding carboxylic acids is 2. The van der Waals surface area contributed by atoms with Crippen LogP contribution in [0.15, 0.2) is 17.0 Å². The highest BCUT2D eigenvalue weighted by atomic mass is 35.5. The lowest BCUT2D eigenvalue weighted by molar-refractivity contribution is -0.142. The summed E-state index contributed by atoms with van der Waals surface area (Å²) < 4.78 is 16.1. The number of hydrogen-bond acceptors (Lipinski definition) is 7. The monoisotopic (exact) mass is 415 g/mol. The third kappa shape index (κ3) is 4.69. The molecule has 140 valence electrons. The third-order valence-corrected chi connectivity index (χ3v) is 5.04. The number of esters is 1. The van der Waals surface area contributed by atoms with E-state index in [1.165, 1.54) is 23.8 Å². The second kappa shape index (κ2) is 9.25. The molecule has 26 heavy (non-hydrogen) atoms. The van der Waals surface area contributed by atoms with Gasteiger partial charge in [-0.1, -0.05) is 35.6 Å². The Kier molecular flexibility index (Phi) is 7.31. The molecule has 0 spiro atoms. The van der Waals surface area contributed by atoms with Gasteiger partial charge in [0.25, 0.3) is 5.91 Å². The van der Waals surface area contributed by atoms with Crippen LogP contribution in [-0.2, 0) is 14.3 Å². The highest BCUT2D eigenvalue weighted by Gasteiger charge is 2.30. The number of hydrogen-bond donors (Lipinski definition) is 0. The molecule has 0 bridgehead atoms. The molecule has 0 unspecified atom stereocenters. The average Bonchev–Trinajstić information content (AvgIpc) is 2.87. The summed E-state index contributed by atoms with van der Waals surface area (Å²) in [6.45, 7) is 4.30. The van der Waals surface area contributed by atoms with Crippen LogP contribution in [0, 0.1) is 0 Å². The van der Waals surface area contributed by atoms with Crippen LogP contribution in [0.25, 0.3) is 6.08 Å². The highest BCUT2D eigenvalue weighted by Crippen LogP contribution is 2.39. The van der Waals surface area contributed by atoms with Crippen molar-refractivity contribution in [3.8, 4) is 11.5 Å². The molecule has 0 saturated carbocycles. The van der Waals surface area contributed by atoms with E-state index in [9.17, 15) is 9.59 Å². The lowest BCUT2D eigenvalue weighted by Gasteiger charge is -2.14. The molecule has 0 aromatic heterocycles. The molecule has 1 aliphatic heterocycles. The number of nitrogens with zero attached hydrogens (tertiary/aromatic N) is 1. The Morgan fingerprint density at radius 2 is 2.08 bits per heavy atom. The molecule has 0 N–H and O–H groups in total. The number of halogens is 1. The van der Waals surface area contributed by atoms with Gasteiger partial charge >= 0.3 is 5.97 Å². The first-order valence-electron chi connectivity index (χ1n) is 7.82. The topological polar surface area (TPSA) is 65.1 Å². The number of rotatable bonds is 7. The molecule has 9 heteroatoms. The highest BCUT2D eigenvalue weighted by molar-refractivity contribution is 8.26. The molecule has 6 nitrogen and oxygen atoms in total. The minimum atomic E-state index is -0.532. The normalized spacial score (nSPS) is 15.5. The fourth-order valence-corrected chi connectivity index (χ4v) is 3.85. The minimum Gasteiger partial charge on any atom is -0.490 e. The number of thioether (sulfide) groups is 1. The van der Waals surface area contributed by atoms with Crippen LogP contribution in [0.1, 0.15) is 19.4 Å². The largest absolute Gasteiger partial charge is 0.490 e. The summed E-state index contributed by atoms with van der Waals surface area (Å²) in [4.78, 5) is 25.7. The van der Waals surface area contributed by atoms with Gasteiger partial charge in [-0.15, -0.1) is 0 Å². The number of thiocarbonyl (C=S) groups is 1. The first kappa shape index (κ1) is 20.5. The number of carbonyl (C=O) groups is 2. The van der Waals surface area contributed by atoms with E-state index in [0.717, 1.165) is 0 Å². The molecular formula is C17H18ClNO5S2. The molecule has 1 aliphatic rings. The van der Waals surface area contributed by atoms with Gasteiger partial charge < -0.3 is 14.2 Å². The van der Waals surface area contributed by atoms with Crippen LogP contribution in [0.4, 0.5) is 0 Å². The van der Waals surface area contributed by atoms with Crippen molar-refractivity contribution in [3.05, 3.63) is 27.6 Å². The van der Waals surface area contributed by atoms with Crippen molar-refractivity contribution >= 4 is 57.9 Å². The lowest BCUT2D eigenvalue weighted by Crippen LogP contribution is -2.27. The summed E-state index contributed by atoms with van der Waals surface area (Å²) in [6, 6.07) is 3.33. The number of likely N-dealkylation sites (N-methyl/N-ethyl adjacent to an activating group) is 1. The molecule has 1 aromatic rings. The molecule has 1 aromatic carbocycles. The zero-order valence-electron chi connectivity index (χ0n) is 14.5. The van der Waals surface area contributed by atoms with Gasteiger partial charge in [0.05, 0.1) is 23.6 Å². The number of methoxy groups -OCH3 is 1. The van der Waals surface area contributed by atoms with Crippen molar-refractivity contribution in [2.24, 2.45) is 0 Å². The Hall–Kier alpha value is -1.77. The third-order valence-electron chi connectivity index (χ3n) is 3.38. The van der Waals surface area contributed by atoms with Crippen LogP contribution in [0.3, 0.4) is 0 Å². The fraction of sp³-hybridized carbons (Fsp3) is 0.353. The summed E-state index contributed by atoms with van der Waals surface area (Å²) in [6.07, 6.45) is 1.70. The Labute approximate surface area is 166 Å². The van der Waals surface area contributed by atoms with E-state index in [1.807, 2.05) is 13.8 Å². The van der Waals surface area contributed by atoms with Crippen molar-refractivity contribution in [2.75, 3.05) is 26.9 Å². The molecule has 1 saturated heterocycles. The predicted molar refractivity (Wildman–Crippen MR) is 106 cm³/mol. The maximum Gasteiger partial charge on any atom is 0.343 e. The maximum absolute atomic E-state index is 12.3. The van der Waals surface area contributed by atoms with Crippen molar-refractivity contribution in [3.63, 3.8) is 0 Å². The number of ether oxygens (including phenoxy) is 3. The van der Waals surface area contributed by atoms with E-state index in [4.69, 9.17) is 33.3 Å². The Balaban J connectivity index is 2.33. The zero-order valence-corrected chi connectivity index (χ0v) is 16.9. The molecule has 0 aliphatic carbocycles. The molecule has 0 atom stereocenters. The van der Waals surface area contributed by atoms with Crippen molar-refractivity contribution in [2.45, 2.75) is 13.8 Å². The van der Waals surface area contributed by atoms with Gasteiger partial charge in [0.2, 0.25) is 0 Å². The van der Waals surface area contributed by atoms with Gasteiger partial charge in [0, 0.05) is 6.54 Å². The molecule has 1 amide bonds. The van der Waals surface area contributed by atoms with Gasteiger partial charge in [-0.05, 0) is 37.6 Å². The average molecular weight is 416 g/mol. The molecule has 2 rings (SSSR count). The first-order chi connectivity index (χ1) is 12.4. The van der Waals surface area contributed by atoms with Crippen molar-refractivity contribution < 1.29 is 23.8 Å². The van der Waals surface area contributed by atoms with E-state index in [0.29, 0.717) is 33.7 Å². The van der Waals surface area contributed by atoms with Crippen LogP contribution < -0.4 is 9.47 Å². The summed E-state index contributed by atoms with van der Waals surface area (Å²) in [5.74, 6) is -0.0447. The SMILES string of the molecule is CCOc1cc(/C=C2/SC(=S)N(CC)C2=O)cc(Cl)c1OCC(=O)OC. The number of amides is 1. The van der Waals surface area contributed by atoms with E-state index in [2.05, 4.69) is 4.74 Å². The van der Waals surface area contributed by atoms with Gasteiger partial charge in [0.15, 0.2) is 18.1 Å². The van der Waals surface area contributed by atoms with Gasteiger partial charge in [-0.25, -0.2) is 4.79 Å². The quantitative estimate of drug-likeness (QED) is 0.383. The van der Waals surface area contributed by atoms with E-state index in [1.54, 1.807) is 18.2 Å². The Morgan fingerprint density at radius 3 is 2.65 bits per heavy atom. The predicted octanol–water partition coefficient (Wildman–Crippen LogP) is 3.51. The molecule has 0 radical (unpaired) electrons. The van der Waals surface area contributed by atoms with Gasteiger partial charge in [0.1, 0.15) is 4.32 Å². The second-order valence-electron chi connectivity index (χ2n) is 5.05. The van der Waals surface area contributed by atoms with Crippen LogP contribution in [0.2, 0.25) is 5.02 Å². The van der Waals surface area contributed by atoms with E-state index in [-0.39, 0.29) is 23.3 Å². The Bertz CT molecular complexity index is 766. The van der Waals surface area contributed by atoms with Crippen LogP contribution in [-0.4, -0.2) is 48.0 Å².